The van der Waals surface area contributed by atoms with Crippen LogP contribution in [0.1, 0.15) is 48.9 Å². The zero-order chi connectivity index (χ0) is 18.6. The van der Waals surface area contributed by atoms with Crippen molar-refractivity contribution < 1.29 is 23.2 Å². The number of nitrogens with zero attached hydrogens (tertiary/aromatic N) is 1. The Labute approximate surface area is 146 Å². The van der Waals surface area contributed by atoms with Crippen molar-refractivity contribution in [2.45, 2.75) is 44.7 Å². The van der Waals surface area contributed by atoms with E-state index in [0.29, 0.717) is 36.9 Å². The molecule has 0 saturated heterocycles. The largest absolute Gasteiger partial charge is 0.391 e. The smallest absolute Gasteiger partial charge is 0.377 e. The molecule has 0 bridgehead atoms. The molecule has 1 aromatic carbocycles. The maximum atomic E-state index is 12.7. The van der Waals surface area contributed by atoms with E-state index < -0.39 is 12.1 Å². The summed E-state index contributed by atoms with van der Waals surface area (Å²) >= 11 is 0. The maximum absolute atomic E-state index is 12.7. The second kappa shape index (κ2) is 8.08. The quantitative estimate of drug-likeness (QED) is 0.562. The summed E-state index contributed by atoms with van der Waals surface area (Å²) in [4.78, 5) is 14.4. The van der Waals surface area contributed by atoms with Crippen LogP contribution in [0, 0.1) is 11.8 Å². The molecular weight excluding hydrogens is 333 g/mol. The lowest BCUT2D eigenvalue weighted by atomic mass is 9.79. The Kier molecular flexibility index (Phi) is 6.32. The maximum Gasteiger partial charge on any atom is 0.391 e. The van der Waals surface area contributed by atoms with Gasteiger partial charge in [-0.2, -0.15) is 13.2 Å². The van der Waals surface area contributed by atoms with Crippen molar-refractivity contribution in [2.24, 2.45) is 11.8 Å². The topological polar surface area (TPSA) is 52.6 Å². The van der Waals surface area contributed by atoms with Gasteiger partial charge in [0.05, 0.1) is 11.6 Å². The number of hydrogen-bond donors (Lipinski definition) is 2. The fraction of sp³-hybridized carbons (Fsp3) is 0.611. The Morgan fingerprint density at radius 1 is 1.24 bits per heavy atom. The van der Waals surface area contributed by atoms with Crippen LogP contribution in [-0.2, 0) is 0 Å². The van der Waals surface area contributed by atoms with E-state index in [1.165, 1.54) is 0 Å². The van der Waals surface area contributed by atoms with Gasteiger partial charge in [0.1, 0.15) is 0 Å². The third-order valence-corrected chi connectivity index (χ3v) is 5.00. The molecule has 25 heavy (non-hydrogen) atoms. The number of benzene rings is 1. The van der Waals surface area contributed by atoms with Gasteiger partial charge in [-0.05, 0) is 56.2 Å². The van der Waals surface area contributed by atoms with Crippen molar-refractivity contribution >= 4 is 17.2 Å². The number of anilines is 2. The van der Waals surface area contributed by atoms with Crippen molar-refractivity contribution in [1.82, 2.24) is 0 Å². The molecule has 1 fully saturated rings. The molecule has 0 aliphatic heterocycles. The molecular formula is C18H25F3N2O2. The molecule has 4 nitrogen and oxygen atoms in total. The Hall–Kier alpha value is -1.76. The Balaban J connectivity index is 1.95. The molecule has 2 N–H and O–H groups in total. The molecule has 7 heteroatoms. The fourth-order valence-corrected chi connectivity index (χ4v) is 3.47. The van der Waals surface area contributed by atoms with E-state index in [1.54, 1.807) is 18.2 Å². The minimum atomic E-state index is -4.10. The minimum Gasteiger partial charge on any atom is -0.377 e. The number of hydrogen-bond acceptors (Lipinski definition) is 4. The number of halogens is 3. The predicted octanol–water partition coefficient (Wildman–Crippen LogP) is 4.89. The first-order valence-electron chi connectivity index (χ1n) is 8.53. The number of alkyl halides is 3. The van der Waals surface area contributed by atoms with E-state index in [9.17, 15) is 18.0 Å². The van der Waals surface area contributed by atoms with Crippen LogP contribution in [0.4, 0.5) is 24.5 Å². The van der Waals surface area contributed by atoms with Crippen LogP contribution >= 0.6 is 0 Å². The molecule has 140 valence electrons. The number of Topliss-reactive ketones (excluding diaryl/α,β-unsaturated/α-hetero) is 1. The number of carbonyl (C=O) groups is 1. The highest BCUT2D eigenvalue weighted by atomic mass is 19.4. The SMILES string of the molecule is CN(C)c1ccc(NO)cc1C(=O)CCC1CCC(C(F)(F)F)CC1. The van der Waals surface area contributed by atoms with Gasteiger partial charge < -0.3 is 4.90 Å². The van der Waals surface area contributed by atoms with E-state index in [1.807, 2.05) is 24.5 Å². The molecule has 0 heterocycles. The molecule has 1 saturated carbocycles. The standard InChI is InChI=1S/C18H25F3N2O2/c1-23(2)16-9-8-14(22-25)11-15(16)17(24)10-5-12-3-6-13(7-4-12)18(19,20)21/h8-9,11-13,22,25H,3-7,10H2,1-2H3. The average molecular weight is 358 g/mol. The zero-order valence-corrected chi connectivity index (χ0v) is 14.6. The van der Waals surface area contributed by atoms with Gasteiger partial charge >= 0.3 is 6.18 Å². The summed E-state index contributed by atoms with van der Waals surface area (Å²) in [5.74, 6) is -1.07. The summed E-state index contributed by atoms with van der Waals surface area (Å²) in [7, 11) is 3.66. The van der Waals surface area contributed by atoms with Crippen molar-refractivity contribution in [3.05, 3.63) is 23.8 Å². The van der Waals surface area contributed by atoms with Gasteiger partial charge in [-0.25, -0.2) is 0 Å². The van der Waals surface area contributed by atoms with Gasteiger partial charge in [0.2, 0.25) is 0 Å². The average Bonchev–Trinajstić information content (AvgIpc) is 2.58. The zero-order valence-electron chi connectivity index (χ0n) is 14.6. The van der Waals surface area contributed by atoms with Crippen molar-refractivity contribution in [3.63, 3.8) is 0 Å². The first kappa shape index (κ1) is 19.6. The Morgan fingerprint density at radius 3 is 2.40 bits per heavy atom. The van der Waals surface area contributed by atoms with E-state index in [0.717, 1.165) is 5.69 Å². The van der Waals surface area contributed by atoms with Crippen LogP contribution in [0.25, 0.3) is 0 Å². The molecule has 2 rings (SSSR count). The molecule has 0 amide bonds. The van der Waals surface area contributed by atoms with Gasteiger partial charge in [-0.3, -0.25) is 15.5 Å². The third kappa shape index (κ3) is 5.11. The lowest BCUT2D eigenvalue weighted by Crippen LogP contribution is -2.27. The molecule has 0 unspecified atom stereocenters. The summed E-state index contributed by atoms with van der Waals surface area (Å²) in [5.41, 5.74) is 3.73. The molecule has 0 radical (unpaired) electrons. The molecule has 1 aliphatic rings. The van der Waals surface area contributed by atoms with Gasteiger partial charge in [0.15, 0.2) is 5.78 Å². The summed E-state index contributed by atoms with van der Waals surface area (Å²) in [5, 5.41) is 9.03. The van der Waals surface area contributed by atoms with Gasteiger partial charge in [0.25, 0.3) is 0 Å². The van der Waals surface area contributed by atoms with Crippen LogP contribution in [0.15, 0.2) is 18.2 Å². The minimum absolute atomic E-state index is 0.0567. The van der Waals surface area contributed by atoms with E-state index >= 15 is 0 Å². The number of rotatable bonds is 6. The highest BCUT2D eigenvalue weighted by Crippen LogP contribution is 2.40. The molecule has 0 atom stereocenters. The van der Waals surface area contributed by atoms with E-state index in [-0.39, 0.29) is 24.5 Å². The van der Waals surface area contributed by atoms with Gasteiger partial charge in [-0.15, -0.1) is 0 Å². The molecule has 1 aromatic rings. The summed E-state index contributed by atoms with van der Waals surface area (Å²) in [6.45, 7) is 0. The first-order valence-corrected chi connectivity index (χ1v) is 8.53. The number of carbonyl (C=O) groups excluding carboxylic acids is 1. The summed E-state index contributed by atoms with van der Waals surface area (Å²) in [6, 6.07) is 5.02. The van der Waals surface area contributed by atoms with Crippen molar-refractivity contribution in [2.75, 3.05) is 24.5 Å². The normalized spacial score (nSPS) is 21.0. The lowest BCUT2D eigenvalue weighted by Gasteiger charge is -2.29. The summed E-state index contributed by atoms with van der Waals surface area (Å²) in [6.07, 6.45) is -1.82. The Morgan fingerprint density at radius 2 is 1.88 bits per heavy atom. The summed E-state index contributed by atoms with van der Waals surface area (Å²) < 4.78 is 38.1. The molecule has 0 aromatic heterocycles. The highest BCUT2D eigenvalue weighted by molar-refractivity contribution is 6.02. The van der Waals surface area contributed by atoms with Gasteiger partial charge in [-0.1, -0.05) is 0 Å². The second-order valence-corrected chi connectivity index (χ2v) is 6.96. The van der Waals surface area contributed by atoms with Crippen LogP contribution in [-0.4, -0.2) is 31.3 Å². The van der Waals surface area contributed by atoms with Crippen LogP contribution < -0.4 is 10.4 Å². The third-order valence-electron chi connectivity index (χ3n) is 5.00. The highest BCUT2D eigenvalue weighted by Gasteiger charge is 2.41. The second-order valence-electron chi connectivity index (χ2n) is 6.96. The van der Waals surface area contributed by atoms with E-state index in [2.05, 4.69) is 0 Å². The van der Waals surface area contributed by atoms with Crippen LogP contribution in [0.3, 0.4) is 0 Å². The Bertz CT molecular complexity index is 594. The predicted molar refractivity (Wildman–Crippen MR) is 91.2 cm³/mol. The lowest BCUT2D eigenvalue weighted by molar-refractivity contribution is -0.184. The van der Waals surface area contributed by atoms with Crippen LogP contribution in [0.5, 0.6) is 0 Å². The van der Waals surface area contributed by atoms with Crippen LogP contribution in [0.2, 0.25) is 0 Å². The van der Waals surface area contributed by atoms with E-state index in [4.69, 9.17) is 5.21 Å². The molecule has 0 spiro atoms. The fourth-order valence-electron chi connectivity index (χ4n) is 3.47. The van der Waals surface area contributed by atoms with Crippen molar-refractivity contribution in [3.8, 4) is 0 Å². The number of ketones is 1. The number of nitrogens with one attached hydrogen (secondary N) is 1. The monoisotopic (exact) mass is 358 g/mol. The van der Waals surface area contributed by atoms with Gasteiger partial charge in [0, 0.05) is 31.8 Å². The molecule has 1 aliphatic carbocycles. The first-order chi connectivity index (χ1) is 11.7. The van der Waals surface area contributed by atoms with Crippen molar-refractivity contribution in [1.29, 1.82) is 0 Å².